The van der Waals surface area contributed by atoms with Crippen molar-refractivity contribution in [1.29, 1.82) is 0 Å². The second-order valence-corrected chi connectivity index (χ2v) is 3.12. The van der Waals surface area contributed by atoms with Crippen molar-refractivity contribution in [3.8, 4) is 5.75 Å². The summed E-state index contributed by atoms with van der Waals surface area (Å²) in [6.07, 6.45) is 0. The molecule has 1 aromatic carbocycles. The van der Waals surface area contributed by atoms with Gasteiger partial charge in [0.15, 0.2) is 5.75 Å². The first-order valence-corrected chi connectivity index (χ1v) is 4.99. The summed E-state index contributed by atoms with van der Waals surface area (Å²) in [4.78, 5) is 9.99. The van der Waals surface area contributed by atoms with Crippen LogP contribution < -0.4 is 10.5 Å². The van der Waals surface area contributed by atoms with Gasteiger partial charge >= 0.3 is 5.69 Å². The Morgan fingerprint density at radius 3 is 2.76 bits per heavy atom. The molecule has 0 unspecified atom stereocenters. The molecule has 0 aliphatic carbocycles. The van der Waals surface area contributed by atoms with Gasteiger partial charge in [-0.2, -0.15) is 0 Å². The van der Waals surface area contributed by atoms with Crippen molar-refractivity contribution in [2.45, 2.75) is 0 Å². The first-order chi connectivity index (χ1) is 8.15. The molecule has 1 aromatic rings. The van der Waals surface area contributed by atoms with Gasteiger partial charge in [0.05, 0.1) is 18.1 Å². The van der Waals surface area contributed by atoms with Crippen molar-refractivity contribution < 1.29 is 18.8 Å². The summed E-state index contributed by atoms with van der Waals surface area (Å²) in [5, 5.41) is 10.6. The predicted octanol–water partition coefficient (Wildman–Crippen LogP) is 1.09. The zero-order chi connectivity index (χ0) is 12.7. The highest BCUT2D eigenvalue weighted by atomic mass is 19.1. The van der Waals surface area contributed by atoms with Crippen LogP contribution >= 0.6 is 0 Å². The molecule has 0 aliphatic heterocycles. The van der Waals surface area contributed by atoms with Crippen LogP contribution in [0.5, 0.6) is 5.75 Å². The van der Waals surface area contributed by atoms with Crippen LogP contribution in [0.25, 0.3) is 0 Å². The standard InChI is InChI=1S/C10H13FN2O4/c11-8-1-2-9(13(14)15)10(7-8)17-6-5-16-4-3-12/h1-2,7H,3-6,12H2. The Morgan fingerprint density at radius 2 is 2.12 bits per heavy atom. The Kier molecular flexibility index (Phi) is 5.31. The molecular weight excluding hydrogens is 231 g/mol. The van der Waals surface area contributed by atoms with Crippen molar-refractivity contribution in [3.05, 3.63) is 34.1 Å². The Labute approximate surface area is 97.3 Å². The summed E-state index contributed by atoms with van der Waals surface area (Å²) in [6.45, 7) is 1.11. The molecule has 7 heteroatoms. The Hall–Kier alpha value is -1.73. The van der Waals surface area contributed by atoms with Crippen molar-refractivity contribution in [2.75, 3.05) is 26.4 Å². The normalized spacial score (nSPS) is 10.2. The Bertz CT molecular complexity index is 387. The quantitative estimate of drug-likeness (QED) is 0.440. The molecule has 1 rings (SSSR count). The molecule has 0 bridgehead atoms. The van der Waals surface area contributed by atoms with E-state index in [0.717, 1.165) is 18.2 Å². The number of ether oxygens (including phenoxy) is 2. The molecule has 0 radical (unpaired) electrons. The van der Waals surface area contributed by atoms with Crippen LogP contribution in [0.15, 0.2) is 18.2 Å². The van der Waals surface area contributed by atoms with Gasteiger partial charge in [0.25, 0.3) is 0 Å². The molecule has 0 amide bonds. The highest BCUT2D eigenvalue weighted by Gasteiger charge is 2.15. The fraction of sp³-hybridized carbons (Fsp3) is 0.400. The lowest BCUT2D eigenvalue weighted by Crippen LogP contribution is -2.13. The van der Waals surface area contributed by atoms with E-state index < -0.39 is 10.7 Å². The molecule has 0 aliphatic rings. The molecule has 94 valence electrons. The van der Waals surface area contributed by atoms with Crippen LogP contribution in [-0.4, -0.2) is 31.3 Å². The lowest BCUT2D eigenvalue weighted by atomic mass is 10.3. The van der Waals surface area contributed by atoms with E-state index in [1.54, 1.807) is 0 Å². The molecule has 0 saturated carbocycles. The van der Waals surface area contributed by atoms with E-state index in [-0.39, 0.29) is 24.7 Å². The van der Waals surface area contributed by atoms with E-state index in [1.807, 2.05) is 0 Å². The summed E-state index contributed by atoms with van der Waals surface area (Å²) in [5.41, 5.74) is 4.93. The van der Waals surface area contributed by atoms with Gasteiger partial charge in [0.1, 0.15) is 12.4 Å². The van der Waals surface area contributed by atoms with Crippen LogP contribution in [0.3, 0.4) is 0 Å². The van der Waals surface area contributed by atoms with Gasteiger partial charge in [0.2, 0.25) is 0 Å². The average Bonchev–Trinajstić information content (AvgIpc) is 2.28. The van der Waals surface area contributed by atoms with Gasteiger partial charge in [-0.3, -0.25) is 10.1 Å². The summed E-state index contributed by atoms with van der Waals surface area (Å²) in [7, 11) is 0. The second-order valence-electron chi connectivity index (χ2n) is 3.12. The number of nitro benzene ring substituents is 1. The van der Waals surface area contributed by atoms with Crippen molar-refractivity contribution in [1.82, 2.24) is 0 Å². The van der Waals surface area contributed by atoms with E-state index in [0.29, 0.717) is 13.2 Å². The average molecular weight is 244 g/mol. The van der Waals surface area contributed by atoms with Crippen LogP contribution in [-0.2, 0) is 4.74 Å². The smallest absolute Gasteiger partial charge is 0.311 e. The minimum absolute atomic E-state index is 0.101. The summed E-state index contributed by atoms with van der Waals surface area (Å²) < 4.78 is 23.0. The minimum Gasteiger partial charge on any atom is -0.484 e. The third-order valence-corrected chi connectivity index (χ3v) is 1.87. The predicted molar refractivity (Wildman–Crippen MR) is 58.4 cm³/mol. The first kappa shape index (κ1) is 13.3. The minimum atomic E-state index is -0.629. The number of benzene rings is 1. The van der Waals surface area contributed by atoms with Crippen LogP contribution in [0.4, 0.5) is 10.1 Å². The monoisotopic (exact) mass is 244 g/mol. The lowest BCUT2D eigenvalue weighted by Gasteiger charge is -2.07. The number of rotatable bonds is 7. The molecule has 2 N–H and O–H groups in total. The number of nitrogens with zero attached hydrogens (tertiary/aromatic N) is 1. The fourth-order valence-electron chi connectivity index (χ4n) is 1.15. The van der Waals surface area contributed by atoms with E-state index in [2.05, 4.69) is 0 Å². The van der Waals surface area contributed by atoms with Crippen molar-refractivity contribution in [3.63, 3.8) is 0 Å². The SMILES string of the molecule is NCCOCCOc1cc(F)ccc1[N+](=O)[O-]. The lowest BCUT2D eigenvalue weighted by molar-refractivity contribution is -0.385. The molecule has 0 saturated heterocycles. The maximum atomic E-state index is 12.9. The van der Waals surface area contributed by atoms with Gasteiger partial charge in [-0.1, -0.05) is 0 Å². The van der Waals surface area contributed by atoms with Crippen LogP contribution in [0, 0.1) is 15.9 Å². The molecule has 0 atom stereocenters. The zero-order valence-electron chi connectivity index (χ0n) is 9.10. The first-order valence-electron chi connectivity index (χ1n) is 4.99. The van der Waals surface area contributed by atoms with Crippen molar-refractivity contribution in [2.24, 2.45) is 5.73 Å². The highest BCUT2D eigenvalue weighted by Crippen LogP contribution is 2.27. The summed E-state index contributed by atoms with van der Waals surface area (Å²) >= 11 is 0. The molecule has 17 heavy (non-hydrogen) atoms. The number of halogens is 1. The Balaban J connectivity index is 2.56. The summed E-state index contributed by atoms with van der Waals surface area (Å²) in [5.74, 6) is -0.695. The summed E-state index contributed by atoms with van der Waals surface area (Å²) in [6, 6.07) is 3.04. The van der Waals surface area contributed by atoms with E-state index in [9.17, 15) is 14.5 Å². The zero-order valence-corrected chi connectivity index (χ0v) is 9.10. The highest BCUT2D eigenvalue weighted by molar-refractivity contribution is 5.46. The fourth-order valence-corrected chi connectivity index (χ4v) is 1.15. The van der Waals surface area contributed by atoms with Gasteiger partial charge in [0, 0.05) is 18.7 Å². The molecule has 0 spiro atoms. The largest absolute Gasteiger partial charge is 0.484 e. The molecule has 0 fully saturated rings. The van der Waals surface area contributed by atoms with E-state index in [4.69, 9.17) is 15.2 Å². The number of nitro groups is 1. The van der Waals surface area contributed by atoms with Gasteiger partial charge in [-0.15, -0.1) is 0 Å². The van der Waals surface area contributed by atoms with E-state index in [1.165, 1.54) is 0 Å². The molecule has 0 aromatic heterocycles. The van der Waals surface area contributed by atoms with Crippen LogP contribution in [0.1, 0.15) is 0 Å². The molecule has 6 nitrogen and oxygen atoms in total. The van der Waals surface area contributed by atoms with Crippen molar-refractivity contribution >= 4 is 5.69 Å². The number of hydrogen-bond donors (Lipinski definition) is 1. The van der Waals surface area contributed by atoms with Gasteiger partial charge < -0.3 is 15.2 Å². The van der Waals surface area contributed by atoms with E-state index >= 15 is 0 Å². The topological polar surface area (TPSA) is 87.6 Å². The molecule has 0 heterocycles. The maximum absolute atomic E-state index is 12.9. The van der Waals surface area contributed by atoms with Gasteiger partial charge in [-0.25, -0.2) is 4.39 Å². The van der Waals surface area contributed by atoms with Crippen LogP contribution in [0.2, 0.25) is 0 Å². The van der Waals surface area contributed by atoms with Gasteiger partial charge in [-0.05, 0) is 6.07 Å². The Morgan fingerprint density at radius 1 is 1.35 bits per heavy atom. The second kappa shape index (κ2) is 6.77. The number of hydrogen-bond acceptors (Lipinski definition) is 5. The maximum Gasteiger partial charge on any atom is 0.311 e. The third-order valence-electron chi connectivity index (χ3n) is 1.87. The third kappa shape index (κ3) is 4.33. The number of nitrogens with two attached hydrogens (primary N) is 1. The molecular formula is C10H13FN2O4.